The third kappa shape index (κ3) is 3.91. The summed E-state index contributed by atoms with van der Waals surface area (Å²) in [6.07, 6.45) is 1.61. The number of rotatable bonds is 5. The molecule has 1 aromatic rings. The van der Waals surface area contributed by atoms with Crippen LogP contribution in [0.5, 0.6) is 0 Å². The minimum Gasteiger partial charge on any atom is -0.379 e. The minimum atomic E-state index is 0.280. The zero-order valence-corrected chi connectivity index (χ0v) is 11.1. The fourth-order valence-corrected chi connectivity index (χ4v) is 2.73. The highest BCUT2D eigenvalue weighted by Gasteiger charge is 2.11. The van der Waals surface area contributed by atoms with Crippen LogP contribution in [0.2, 0.25) is 0 Å². The van der Waals surface area contributed by atoms with Gasteiger partial charge in [-0.05, 0) is 26.0 Å². The van der Waals surface area contributed by atoms with E-state index in [0.29, 0.717) is 6.42 Å². The van der Waals surface area contributed by atoms with E-state index in [9.17, 15) is 4.79 Å². The maximum Gasteiger partial charge on any atom is 0.163 e. The third-order valence-electron chi connectivity index (χ3n) is 3.03. The van der Waals surface area contributed by atoms with Crippen molar-refractivity contribution in [1.29, 1.82) is 0 Å². The SMILES string of the molecule is Cc1cc(C(=O)CCCN2CCOCC2)cs1. The largest absolute Gasteiger partial charge is 0.379 e. The van der Waals surface area contributed by atoms with Crippen LogP contribution in [-0.2, 0) is 4.74 Å². The van der Waals surface area contributed by atoms with Crippen molar-refractivity contribution in [3.05, 3.63) is 21.9 Å². The molecule has 0 bridgehead atoms. The molecule has 4 heteroatoms. The maximum atomic E-state index is 11.9. The first-order valence-corrected chi connectivity index (χ1v) is 7.02. The van der Waals surface area contributed by atoms with E-state index in [1.54, 1.807) is 11.3 Å². The molecule has 0 N–H and O–H groups in total. The highest BCUT2D eigenvalue weighted by Crippen LogP contribution is 2.15. The molecule has 0 radical (unpaired) electrons. The van der Waals surface area contributed by atoms with Gasteiger partial charge in [-0.25, -0.2) is 0 Å². The number of carbonyl (C=O) groups excluding carboxylic acids is 1. The smallest absolute Gasteiger partial charge is 0.163 e. The minimum absolute atomic E-state index is 0.280. The monoisotopic (exact) mass is 253 g/mol. The Hall–Kier alpha value is -0.710. The predicted molar refractivity (Wildman–Crippen MR) is 69.9 cm³/mol. The lowest BCUT2D eigenvalue weighted by Gasteiger charge is -2.26. The van der Waals surface area contributed by atoms with E-state index in [0.717, 1.165) is 44.8 Å². The number of morpholine rings is 1. The normalized spacial score (nSPS) is 17.2. The predicted octanol–water partition coefficient (Wildman–Crippen LogP) is 2.35. The summed E-state index contributed by atoms with van der Waals surface area (Å²) in [5, 5.41) is 1.96. The second-order valence-corrected chi connectivity index (χ2v) is 5.54. The van der Waals surface area contributed by atoms with E-state index in [-0.39, 0.29) is 5.78 Å². The molecule has 0 atom stereocenters. The first-order valence-electron chi connectivity index (χ1n) is 6.14. The van der Waals surface area contributed by atoms with Gasteiger partial charge in [0.2, 0.25) is 0 Å². The van der Waals surface area contributed by atoms with Gasteiger partial charge in [0.1, 0.15) is 0 Å². The van der Waals surface area contributed by atoms with Gasteiger partial charge in [0, 0.05) is 35.3 Å². The van der Waals surface area contributed by atoms with E-state index in [4.69, 9.17) is 4.74 Å². The molecule has 2 heterocycles. The number of Topliss-reactive ketones (excluding diaryl/α,β-unsaturated/α-hetero) is 1. The summed E-state index contributed by atoms with van der Waals surface area (Å²) in [5.74, 6) is 0.280. The summed E-state index contributed by atoms with van der Waals surface area (Å²) in [6.45, 7) is 6.72. The van der Waals surface area contributed by atoms with Gasteiger partial charge < -0.3 is 4.74 Å². The van der Waals surface area contributed by atoms with E-state index in [1.165, 1.54) is 4.88 Å². The molecule has 1 aromatic heterocycles. The number of aryl methyl sites for hydroxylation is 1. The van der Waals surface area contributed by atoms with Crippen molar-refractivity contribution in [2.24, 2.45) is 0 Å². The number of hydrogen-bond acceptors (Lipinski definition) is 4. The lowest BCUT2D eigenvalue weighted by atomic mass is 10.1. The Morgan fingerprint density at radius 2 is 2.24 bits per heavy atom. The summed E-state index contributed by atoms with van der Waals surface area (Å²) in [4.78, 5) is 15.4. The van der Waals surface area contributed by atoms with Crippen molar-refractivity contribution >= 4 is 17.1 Å². The molecule has 2 rings (SSSR count). The van der Waals surface area contributed by atoms with Crippen molar-refractivity contribution in [1.82, 2.24) is 4.90 Å². The van der Waals surface area contributed by atoms with Crippen LogP contribution in [-0.4, -0.2) is 43.5 Å². The van der Waals surface area contributed by atoms with Crippen molar-refractivity contribution in [2.75, 3.05) is 32.8 Å². The van der Waals surface area contributed by atoms with Crippen molar-refractivity contribution in [3.63, 3.8) is 0 Å². The molecule has 0 aliphatic carbocycles. The van der Waals surface area contributed by atoms with Gasteiger partial charge in [-0.1, -0.05) is 0 Å². The Bertz CT molecular complexity index is 369. The van der Waals surface area contributed by atoms with E-state index < -0.39 is 0 Å². The van der Waals surface area contributed by atoms with Crippen LogP contribution in [0.4, 0.5) is 0 Å². The lowest BCUT2D eigenvalue weighted by Crippen LogP contribution is -2.36. The first-order chi connectivity index (χ1) is 8.25. The summed E-state index contributed by atoms with van der Waals surface area (Å²) >= 11 is 1.65. The average molecular weight is 253 g/mol. The van der Waals surface area contributed by atoms with E-state index in [2.05, 4.69) is 4.90 Å². The van der Waals surface area contributed by atoms with Gasteiger partial charge in [-0.15, -0.1) is 11.3 Å². The highest BCUT2D eigenvalue weighted by molar-refractivity contribution is 7.10. The van der Waals surface area contributed by atoms with E-state index >= 15 is 0 Å². The Morgan fingerprint density at radius 1 is 1.47 bits per heavy atom. The summed E-state index contributed by atoms with van der Waals surface area (Å²) in [7, 11) is 0. The molecule has 1 aliphatic heterocycles. The number of hydrogen-bond donors (Lipinski definition) is 0. The third-order valence-corrected chi connectivity index (χ3v) is 3.90. The second-order valence-electron chi connectivity index (χ2n) is 4.43. The van der Waals surface area contributed by atoms with Crippen molar-refractivity contribution < 1.29 is 9.53 Å². The van der Waals surface area contributed by atoms with Crippen LogP contribution in [0.1, 0.15) is 28.1 Å². The molecule has 0 saturated carbocycles. The number of carbonyl (C=O) groups is 1. The molecule has 0 amide bonds. The number of ether oxygens (including phenoxy) is 1. The van der Waals surface area contributed by atoms with E-state index in [1.807, 2.05) is 18.4 Å². The summed E-state index contributed by atoms with van der Waals surface area (Å²) in [5.41, 5.74) is 0.884. The Balaban J connectivity index is 1.69. The Labute approximate surface area is 106 Å². The number of ketones is 1. The number of thiophene rings is 1. The topological polar surface area (TPSA) is 29.5 Å². The Morgan fingerprint density at radius 3 is 2.88 bits per heavy atom. The van der Waals surface area contributed by atoms with Gasteiger partial charge in [-0.2, -0.15) is 0 Å². The summed E-state index contributed by atoms with van der Waals surface area (Å²) < 4.78 is 5.29. The molecular weight excluding hydrogens is 234 g/mol. The number of nitrogens with zero attached hydrogens (tertiary/aromatic N) is 1. The fourth-order valence-electron chi connectivity index (χ4n) is 2.02. The molecule has 0 unspecified atom stereocenters. The standard InChI is InChI=1S/C13H19NO2S/c1-11-9-12(10-17-11)13(15)3-2-4-14-5-7-16-8-6-14/h9-10H,2-8H2,1H3. The van der Waals surface area contributed by atoms with Crippen molar-refractivity contribution in [3.8, 4) is 0 Å². The quantitative estimate of drug-likeness (QED) is 0.754. The molecule has 17 heavy (non-hydrogen) atoms. The van der Waals surface area contributed by atoms with Crippen LogP contribution in [0.3, 0.4) is 0 Å². The van der Waals surface area contributed by atoms with Gasteiger partial charge in [0.05, 0.1) is 13.2 Å². The van der Waals surface area contributed by atoms with Gasteiger partial charge in [0.25, 0.3) is 0 Å². The van der Waals surface area contributed by atoms with Gasteiger partial charge >= 0.3 is 0 Å². The molecule has 1 aliphatic rings. The molecule has 0 spiro atoms. The van der Waals surface area contributed by atoms with Crippen LogP contribution >= 0.6 is 11.3 Å². The van der Waals surface area contributed by atoms with Crippen LogP contribution in [0.25, 0.3) is 0 Å². The van der Waals surface area contributed by atoms with Gasteiger partial charge in [0.15, 0.2) is 5.78 Å². The maximum absolute atomic E-state index is 11.9. The fraction of sp³-hybridized carbons (Fsp3) is 0.615. The first kappa shape index (κ1) is 12.7. The highest BCUT2D eigenvalue weighted by atomic mass is 32.1. The van der Waals surface area contributed by atoms with Crippen molar-refractivity contribution in [2.45, 2.75) is 19.8 Å². The molecular formula is C13H19NO2S. The summed E-state index contributed by atoms with van der Waals surface area (Å²) in [6, 6.07) is 1.99. The molecule has 1 fully saturated rings. The van der Waals surface area contributed by atoms with Crippen LogP contribution in [0.15, 0.2) is 11.4 Å². The van der Waals surface area contributed by atoms with Crippen LogP contribution in [0, 0.1) is 6.92 Å². The molecule has 0 aromatic carbocycles. The van der Waals surface area contributed by atoms with Crippen LogP contribution < -0.4 is 0 Å². The second kappa shape index (κ2) is 6.28. The average Bonchev–Trinajstić information content (AvgIpc) is 2.77. The lowest BCUT2D eigenvalue weighted by molar-refractivity contribution is 0.0371. The van der Waals surface area contributed by atoms with Gasteiger partial charge in [-0.3, -0.25) is 9.69 Å². The molecule has 3 nitrogen and oxygen atoms in total. The molecule has 1 saturated heterocycles. The molecule has 94 valence electrons. The zero-order valence-electron chi connectivity index (χ0n) is 10.3. The Kier molecular flexibility index (Phi) is 4.71. The zero-order chi connectivity index (χ0) is 12.1.